The molecule has 0 radical (unpaired) electrons. The molecule has 0 bridgehead atoms. The van der Waals surface area contributed by atoms with Gasteiger partial charge in [0.05, 0.1) is 5.69 Å². The van der Waals surface area contributed by atoms with Gasteiger partial charge in [-0.05, 0) is 49.9 Å². The minimum atomic E-state index is 0.552. The first-order valence-electron chi connectivity index (χ1n) is 8.07. The lowest BCUT2D eigenvalue weighted by Crippen LogP contribution is -2.05. The average molecular weight is 305 g/mol. The van der Waals surface area contributed by atoms with Crippen molar-refractivity contribution in [1.82, 2.24) is 24.7 Å². The van der Waals surface area contributed by atoms with Gasteiger partial charge in [-0.3, -0.25) is 9.97 Å². The molecule has 0 unspecified atom stereocenters. The zero-order valence-corrected chi connectivity index (χ0v) is 13.2. The summed E-state index contributed by atoms with van der Waals surface area (Å²) in [5.74, 6) is 2.55. The van der Waals surface area contributed by atoms with E-state index in [4.69, 9.17) is 10.1 Å². The second kappa shape index (κ2) is 5.91. The quantitative estimate of drug-likeness (QED) is 0.727. The monoisotopic (exact) mass is 305 g/mol. The molecule has 116 valence electrons. The third-order valence-corrected chi connectivity index (χ3v) is 4.12. The predicted octanol–water partition coefficient (Wildman–Crippen LogP) is 3.03. The number of nitrogens with zero attached hydrogens (tertiary/aromatic N) is 5. The molecule has 0 aromatic carbocycles. The molecule has 1 aliphatic rings. The van der Waals surface area contributed by atoms with Crippen molar-refractivity contribution in [3.63, 3.8) is 0 Å². The van der Waals surface area contributed by atoms with Gasteiger partial charge in [-0.15, -0.1) is 0 Å². The molecule has 0 spiro atoms. The predicted molar refractivity (Wildman–Crippen MR) is 87.5 cm³/mol. The molecule has 5 heteroatoms. The number of hydrogen-bond donors (Lipinski definition) is 0. The minimum absolute atomic E-state index is 0.552. The summed E-state index contributed by atoms with van der Waals surface area (Å²) in [6, 6.07) is 8.12. The summed E-state index contributed by atoms with van der Waals surface area (Å²) in [7, 11) is 0. The summed E-state index contributed by atoms with van der Waals surface area (Å²) < 4.78 is 1.98. The van der Waals surface area contributed by atoms with Crippen LogP contribution in [0.1, 0.15) is 41.7 Å². The molecule has 0 N–H and O–H groups in total. The number of pyridine rings is 2. The Bertz CT molecular complexity index is 805. The minimum Gasteiger partial charge on any atom is -0.264 e. The second-order valence-corrected chi connectivity index (χ2v) is 6.09. The lowest BCUT2D eigenvalue weighted by molar-refractivity contribution is 0.761. The van der Waals surface area contributed by atoms with Gasteiger partial charge in [0.15, 0.2) is 5.82 Å². The Hall–Kier alpha value is -2.56. The first-order valence-corrected chi connectivity index (χ1v) is 8.07. The fourth-order valence-corrected chi connectivity index (χ4v) is 2.71. The second-order valence-electron chi connectivity index (χ2n) is 6.09. The van der Waals surface area contributed by atoms with E-state index in [1.165, 1.54) is 18.4 Å². The van der Waals surface area contributed by atoms with Crippen LogP contribution in [0.15, 0.2) is 42.9 Å². The van der Waals surface area contributed by atoms with E-state index in [2.05, 4.69) is 22.1 Å². The summed E-state index contributed by atoms with van der Waals surface area (Å²) in [4.78, 5) is 13.3. The zero-order chi connectivity index (χ0) is 15.6. The Balaban J connectivity index is 1.64. The molecule has 4 rings (SSSR count). The number of aromatic nitrogens is 5. The van der Waals surface area contributed by atoms with E-state index >= 15 is 0 Å². The van der Waals surface area contributed by atoms with Crippen LogP contribution in [0.5, 0.6) is 0 Å². The Morgan fingerprint density at radius 2 is 2.09 bits per heavy atom. The highest BCUT2D eigenvalue weighted by atomic mass is 15.4. The lowest BCUT2D eigenvalue weighted by Gasteiger charge is -2.06. The standard InChI is InChI=1S/C18H19N5/c1-13-11-16(8-10-20-13)23-17(21-18(22-23)15-5-6-15)7-4-14-3-2-9-19-12-14/h2-3,8-12,15H,4-7H2,1H3. The molecule has 1 saturated carbocycles. The van der Waals surface area contributed by atoms with Crippen molar-refractivity contribution in [2.24, 2.45) is 0 Å². The van der Waals surface area contributed by atoms with E-state index < -0.39 is 0 Å². The van der Waals surface area contributed by atoms with Gasteiger partial charge in [0.1, 0.15) is 5.82 Å². The molecule has 0 amide bonds. The van der Waals surface area contributed by atoms with E-state index in [9.17, 15) is 0 Å². The van der Waals surface area contributed by atoms with Crippen LogP contribution in [-0.2, 0) is 12.8 Å². The van der Waals surface area contributed by atoms with E-state index in [1.807, 2.05) is 36.1 Å². The third kappa shape index (κ3) is 3.13. The molecule has 1 aliphatic carbocycles. The van der Waals surface area contributed by atoms with Crippen LogP contribution in [-0.4, -0.2) is 24.7 Å². The van der Waals surface area contributed by atoms with E-state index in [1.54, 1.807) is 6.20 Å². The highest BCUT2D eigenvalue weighted by Gasteiger charge is 2.29. The van der Waals surface area contributed by atoms with E-state index in [0.717, 1.165) is 35.9 Å². The molecule has 23 heavy (non-hydrogen) atoms. The first-order chi connectivity index (χ1) is 11.3. The molecule has 0 aliphatic heterocycles. The van der Waals surface area contributed by atoms with Gasteiger partial charge in [0, 0.05) is 36.6 Å². The molecule has 3 aromatic heterocycles. The normalized spacial score (nSPS) is 14.1. The molecule has 3 heterocycles. The van der Waals surface area contributed by atoms with Crippen molar-refractivity contribution >= 4 is 0 Å². The average Bonchev–Trinajstić information content (AvgIpc) is 3.34. The van der Waals surface area contributed by atoms with Gasteiger partial charge in [0.2, 0.25) is 0 Å². The van der Waals surface area contributed by atoms with Crippen LogP contribution >= 0.6 is 0 Å². The van der Waals surface area contributed by atoms with Crippen LogP contribution < -0.4 is 0 Å². The van der Waals surface area contributed by atoms with Crippen LogP contribution in [0.4, 0.5) is 0 Å². The lowest BCUT2D eigenvalue weighted by atomic mass is 10.1. The highest BCUT2D eigenvalue weighted by molar-refractivity contribution is 5.32. The van der Waals surface area contributed by atoms with E-state index in [0.29, 0.717) is 5.92 Å². The molecule has 1 fully saturated rings. The highest BCUT2D eigenvalue weighted by Crippen LogP contribution is 2.38. The maximum absolute atomic E-state index is 4.80. The van der Waals surface area contributed by atoms with Crippen molar-refractivity contribution in [2.45, 2.75) is 38.5 Å². The van der Waals surface area contributed by atoms with Crippen molar-refractivity contribution in [3.05, 3.63) is 65.8 Å². The molecule has 0 atom stereocenters. The summed E-state index contributed by atoms with van der Waals surface area (Å²) in [5.41, 5.74) is 3.25. The fraction of sp³-hybridized carbons (Fsp3) is 0.333. The Morgan fingerprint density at radius 1 is 1.17 bits per heavy atom. The van der Waals surface area contributed by atoms with E-state index in [-0.39, 0.29) is 0 Å². The SMILES string of the molecule is Cc1cc(-n2nc(C3CC3)nc2CCc2cccnc2)ccn1. The van der Waals surface area contributed by atoms with Gasteiger partial charge in [-0.1, -0.05) is 6.07 Å². The summed E-state index contributed by atoms with van der Waals surface area (Å²) in [6.07, 6.45) is 9.74. The first kappa shape index (κ1) is 14.1. The van der Waals surface area contributed by atoms with Crippen molar-refractivity contribution in [3.8, 4) is 5.69 Å². The third-order valence-electron chi connectivity index (χ3n) is 4.12. The fourth-order valence-electron chi connectivity index (χ4n) is 2.71. The maximum atomic E-state index is 4.80. The molecular formula is C18H19N5. The number of rotatable bonds is 5. The van der Waals surface area contributed by atoms with Crippen LogP contribution in [0.25, 0.3) is 5.69 Å². The zero-order valence-electron chi connectivity index (χ0n) is 13.2. The molecule has 3 aromatic rings. The Morgan fingerprint density at radius 3 is 2.83 bits per heavy atom. The summed E-state index contributed by atoms with van der Waals surface area (Å²) in [6.45, 7) is 2.00. The number of aryl methyl sites for hydroxylation is 3. The summed E-state index contributed by atoms with van der Waals surface area (Å²) >= 11 is 0. The number of hydrogen-bond acceptors (Lipinski definition) is 4. The smallest absolute Gasteiger partial charge is 0.154 e. The summed E-state index contributed by atoms with van der Waals surface area (Å²) in [5, 5.41) is 4.76. The molecule has 5 nitrogen and oxygen atoms in total. The van der Waals surface area contributed by atoms with Gasteiger partial charge >= 0.3 is 0 Å². The van der Waals surface area contributed by atoms with Crippen LogP contribution in [0.2, 0.25) is 0 Å². The Labute approximate surface area is 135 Å². The van der Waals surface area contributed by atoms with Crippen molar-refractivity contribution in [1.29, 1.82) is 0 Å². The molecular weight excluding hydrogens is 286 g/mol. The Kier molecular flexibility index (Phi) is 3.61. The van der Waals surface area contributed by atoms with Crippen molar-refractivity contribution < 1.29 is 0 Å². The van der Waals surface area contributed by atoms with Crippen LogP contribution in [0, 0.1) is 6.92 Å². The van der Waals surface area contributed by atoms with Gasteiger partial charge < -0.3 is 0 Å². The van der Waals surface area contributed by atoms with Crippen LogP contribution in [0.3, 0.4) is 0 Å². The molecule has 0 saturated heterocycles. The van der Waals surface area contributed by atoms with Gasteiger partial charge in [-0.2, -0.15) is 5.10 Å². The largest absolute Gasteiger partial charge is 0.264 e. The maximum Gasteiger partial charge on any atom is 0.154 e. The van der Waals surface area contributed by atoms with Gasteiger partial charge in [0.25, 0.3) is 0 Å². The van der Waals surface area contributed by atoms with Crippen molar-refractivity contribution in [2.75, 3.05) is 0 Å². The van der Waals surface area contributed by atoms with Gasteiger partial charge in [-0.25, -0.2) is 9.67 Å². The topological polar surface area (TPSA) is 56.5 Å².